The minimum absolute atomic E-state index is 0.0724. The number of hydrogen-bond donors (Lipinski definition) is 3. The summed E-state index contributed by atoms with van der Waals surface area (Å²) in [5.41, 5.74) is 6.14. The van der Waals surface area contributed by atoms with Gasteiger partial charge < -0.3 is 25.4 Å². The molecule has 132 valence electrons. The van der Waals surface area contributed by atoms with E-state index in [1.165, 1.54) is 0 Å². The van der Waals surface area contributed by atoms with Crippen LogP contribution in [0.25, 0.3) is 11.2 Å². The average Bonchev–Trinajstić information content (AvgIpc) is 3.08. The van der Waals surface area contributed by atoms with Gasteiger partial charge in [-0.2, -0.15) is 9.97 Å². The Balaban J connectivity index is 2.12. The van der Waals surface area contributed by atoms with Gasteiger partial charge in [0.25, 0.3) is 0 Å². The van der Waals surface area contributed by atoms with E-state index in [4.69, 9.17) is 15.2 Å². The average molecular weight is 337 g/mol. The number of nitrogens with zero attached hydrogens (tertiary/aromatic N) is 4. The molecule has 0 spiro atoms. The summed E-state index contributed by atoms with van der Waals surface area (Å²) >= 11 is 0. The Morgan fingerprint density at radius 3 is 2.79 bits per heavy atom. The van der Waals surface area contributed by atoms with Crippen molar-refractivity contribution >= 4 is 17.1 Å². The number of aliphatic hydroxyl groups is 2. The van der Waals surface area contributed by atoms with Crippen LogP contribution in [0, 0.1) is 5.41 Å². The third-order valence-electron chi connectivity index (χ3n) is 4.78. The normalized spacial score (nSPS) is 30.1. The van der Waals surface area contributed by atoms with Gasteiger partial charge in [0.2, 0.25) is 11.8 Å². The molecule has 2 aromatic heterocycles. The van der Waals surface area contributed by atoms with Crippen LogP contribution in [0.5, 0.6) is 5.88 Å². The van der Waals surface area contributed by atoms with Crippen molar-refractivity contribution in [3.05, 3.63) is 6.33 Å². The van der Waals surface area contributed by atoms with Gasteiger partial charge in [-0.15, -0.1) is 0 Å². The number of hydrogen-bond acceptors (Lipinski definition) is 8. The molecule has 0 unspecified atom stereocenters. The molecule has 4 atom stereocenters. The largest absolute Gasteiger partial charge is 0.476 e. The summed E-state index contributed by atoms with van der Waals surface area (Å²) in [4.78, 5) is 12.7. The Morgan fingerprint density at radius 2 is 2.17 bits per heavy atom. The summed E-state index contributed by atoms with van der Waals surface area (Å²) in [5.74, 6) is 0.386. The molecule has 9 nitrogen and oxygen atoms in total. The molecular weight excluding hydrogens is 314 g/mol. The maximum absolute atomic E-state index is 10.5. The molecule has 0 saturated carbocycles. The summed E-state index contributed by atoms with van der Waals surface area (Å²) in [6, 6.07) is 0. The minimum atomic E-state index is -0.805. The first-order valence-corrected chi connectivity index (χ1v) is 8.03. The zero-order valence-corrected chi connectivity index (χ0v) is 14.0. The Morgan fingerprint density at radius 1 is 1.42 bits per heavy atom. The molecule has 9 heteroatoms. The van der Waals surface area contributed by atoms with Crippen LogP contribution in [0.1, 0.15) is 33.4 Å². The summed E-state index contributed by atoms with van der Waals surface area (Å²) in [6.07, 6.45) is 0.215. The van der Waals surface area contributed by atoms with Crippen LogP contribution >= 0.6 is 0 Å². The topological polar surface area (TPSA) is 129 Å². The predicted octanol–water partition coefficient (Wildman–Crippen LogP) is 0.474. The highest BCUT2D eigenvalue weighted by atomic mass is 16.5. The highest BCUT2D eigenvalue weighted by molar-refractivity contribution is 5.77. The number of imidazole rings is 1. The highest BCUT2D eigenvalue weighted by Gasteiger charge is 2.53. The molecule has 1 aliphatic rings. The van der Waals surface area contributed by atoms with E-state index in [2.05, 4.69) is 15.0 Å². The van der Waals surface area contributed by atoms with Gasteiger partial charge in [-0.05, 0) is 13.3 Å². The lowest BCUT2D eigenvalue weighted by molar-refractivity contribution is -0.0514. The fraction of sp³-hybridized carbons (Fsp3) is 0.667. The van der Waals surface area contributed by atoms with Gasteiger partial charge in [0, 0.05) is 5.41 Å². The monoisotopic (exact) mass is 337 g/mol. The number of rotatable bonds is 5. The molecule has 1 fully saturated rings. The first kappa shape index (κ1) is 16.9. The Bertz CT molecular complexity index is 736. The lowest BCUT2D eigenvalue weighted by Gasteiger charge is -2.32. The smallest absolute Gasteiger partial charge is 0.247 e. The molecule has 0 amide bonds. The fourth-order valence-corrected chi connectivity index (χ4v) is 3.19. The van der Waals surface area contributed by atoms with Gasteiger partial charge in [-0.3, -0.25) is 4.57 Å². The third-order valence-corrected chi connectivity index (χ3v) is 4.78. The van der Waals surface area contributed by atoms with Crippen LogP contribution < -0.4 is 10.5 Å². The molecule has 2 aromatic rings. The van der Waals surface area contributed by atoms with Crippen LogP contribution in [0.3, 0.4) is 0 Å². The van der Waals surface area contributed by atoms with Crippen LogP contribution in [-0.4, -0.2) is 55.2 Å². The van der Waals surface area contributed by atoms with Gasteiger partial charge in [-0.25, -0.2) is 4.98 Å². The highest BCUT2D eigenvalue weighted by Crippen LogP contribution is 2.48. The summed E-state index contributed by atoms with van der Waals surface area (Å²) < 4.78 is 13.1. The van der Waals surface area contributed by atoms with Crippen molar-refractivity contribution in [3.8, 4) is 5.88 Å². The summed E-state index contributed by atoms with van der Waals surface area (Å²) in [6.45, 7) is 5.89. The molecule has 1 saturated heterocycles. The standard InChI is InChI=1S/C15H23N5O4/c1-4-15(3)10(22)8(6-21)24-13(15)20-7-17-9-11(20)18-14(16)19-12(9)23-5-2/h7-8,10,13,21-22H,4-6H2,1-3H3,(H2,16,18,19)/t8-,10-,13-,15-/m1/s1. The van der Waals surface area contributed by atoms with Gasteiger partial charge in [0.15, 0.2) is 11.2 Å². The van der Waals surface area contributed by atoms with Crippen molar-refractivity contribution in [3.63, 3.8) is 0 Å². The van der Waals surface area contributed by atoms with E-state index in [1.54, 1.807) is 10.9 Å². The van der Waals surface area contributed by atoms with Crippen molar-refractivity contribution < 1.29 is 19.7 Å². The van der Waals surface area contributed by atoms with Crippen molar-refractivity contribution in [2.45, 2.75) is 45.6 Å². The molecule has 24 heavy (non-hydrogen) atoms. The second-order valence-electron chi connectivity index (χ2n) is 6.16. The van der Waals surface area contributed by atoms with Crippen molar-refractivity contribution in [2.75, 3.05) is 18.9 Å². The maximum atomic E-state index is 10.5. The van der Waals surface area contributed by atoms with Crippen molar-refractivity contribution in [2.24, 2.45) is 5.41 Å². The van der Waals surface area contributed by atoms with Gasteiger partial charge >= 0.3 is 0 Å². The van der Waals surface area contributed by atoms with E-state index in [1.807, 2.05) is 20.8 Å². The molecule has 0 aliphatic carbocycles. The molecule has 3 heterocycles. The molecular formula is C15H23N5O4. The molecule has 0 radical (unpaired) electrons. The first-order valence-electron chi connectivity index (χ1n) is 8.03. The Hall–Kier alpha value is -1.97. The van der Waals surface area contributed by atoms with Crippen LogP contribution in [0.4, 0.5) is 5.95 Å². The number of aliphatic hydroxyl groups excluding tert-OH is 2. The Kier molecular flexibility index (Phi) is 4.33. The predicted molar refractivity (Wildman–Crippen MR) is 86.3 cm³/mol. The maximum Gasteiger partial charge on any atom is 0.247 e. The minimum Gasteiger partial charge on any atom is -0.476 e. The van der Waals surface area contributed by atoms with Crippen LogP contribution in [0.15, 0.2) is 6.33 Å². The van der Waals surface area contributed by atoms with E-state index >= 15 is 0 Å². The third kappa shape index (κ3) is 2.40. The number of nitrogen functional groups attached to an aromatic ring is 1. The zero-order valence-electron chi connectivity index (χ0n) is 14.0. The molecule has 0 bridgehead atoms. The second-order valence-corrected chi connectivity index (χ2v) is 6.16. The number of aromatic nitrogens is 4. The molecule has 3 rings (SSSR count). The lowest BCUT2D eigenvalue weighted by Crippen LogP contribution is -2.37. The van der Waals surface area contributed by atoms with E-state index in [9.17, 15) is 10.2 Å². The van der Waals surface area contributed by atoms with E-state index in [-0.39, 0.29) is 12.6 Å². The van der Waals surface area contributed by atoms with Crippen molar-refractivity contribution in [1.82, 2.24) is 19.5 Å². The molecule has 1 aliphatic heterocycles. The van der Waals surface area contributed by atoms with Gasteiger partial charge in [0.05, 0.1) is 25.6 Å². The van der Waals surface area contributed by atoms with Crippen LogP contribution in [-0.2, 0) is 4.74 Å². The summed E-state index contributed by atoms with van der Waals surface area (Å²) in [7, 11) is 0. The van der Waals surface area contributed by atoms with E-state index in [0.29, 0.717) is 30.1 Å². The van der Waals surface area contributed by atoms with Crippen molar-refractivity contribution in [1.29, 1.82) is 0 Å². The summed E-state index contributed by atoms with van der Waals surface area (Å²) in [5, 5.41) is 20.0. The number of fused-ring (bicyclic) bond motifs is 1. The number of ether oxygens (including phenoxy) is 2. The quantitative estimate of drug-likeness (QED) is 0.718. The van der Waals surface area contributed by atoms with E-state index < -0.39 is 23.9 Å². The fourth-order valence-electron chi connectivity index (χ4n) is 3.19. The molecule has 4 N–H and O–H groups in total. The first-order chi connectivity index (χ1) is 11.5. The van der Waals surface area contributed by atoms with Gasteiger partial charge in [0.1, 0.15) is 12.3 Å². The second kappa shape index (κ2) is 6.15. The van der Waals surface area contributed by atoms with Gasteiger partial charge in [-0.1, -0.05) is 13.8 Å². The zero-order chi connectivity index (χ0) is 17.5. The SMILES string of the molecule is CCOc1nc(N)nc2c1ncn2[C@@H]1O[C@H](CO)[C@@H](O)[C@@]1(C)CC. The molecule has 0 aromatic carbocycles. The lowest BCUT2D eigenvalue weighted by atomic mass is 9.80. The number of nitrogens with two attached hydrogens (primary N) is 1. The van der Waals surface area contributed by atoms with E-state index in [0.717, 1.165) is 0 Å². The van der Waals surface area contributed by atoms with Crippen LogP contribution in [0.2, 0.25) is 0 Å². The Labute approximate surface area is 139 Å². The number of anilines is 1.